The van der Waals surface area contributed by atoms with Crippen LogP contribution in [0.3, 0.4) is 0 Å². The average Bonchev–Trinajstić information content (AvgIpc) is 3.47. The maximum absolute atomic E-state index is 9.67. The lowest BCUT2D eigenvalue weighted by molar-refractivity contribution is 0.153. The molecule has 0 unspecified atom stereocenters. The zero-order valence-electron chi connectivity index (χ0n) is 16.9. The molecule has 2 fully saturated rings. The van der Waals surface area contributed by atoms with Gasteiger partial charge in [-0.15, -0.1) is 0 Å². The number of para-hydroxylation sites is 2. The minimum absolute atomic E-state index is 0.224. The highest BCUT2D eigenvalue weighted by Gasteiger charge is 2.26. The van der Waals surface area contributed by atoms with Crippen LogP contribution in [-0.4, -0.2) is 58.4 Å². The standard InChI is InChI=1S/C24H30N2O3/c27-15-19-7-3-11-25(19)13-17-5-1-9-21-22-10-2-6-18(24(22)29-23(17)21)14-26-12-4-8-20(26)16-28/h1-2,5-6,9-10,19-20,27-28H,3-4,7-8,11-16H2/t19-,20-/m0/s1. The fourth-order valence-corrected chi connectivity index (χ4v) is 5.24. The molecule has 154 valence electrons. The van der Waals surface area contributed by atoms with Gasteiger partial charge in [0.1, 0.15) is 11.2 Å². The van der Waals surface area contributed by atoms with Gasteiger partial charge >= 0.3 is 0 Å². The van der Waals surface area contributed by atoms with E-state index in [0.29, 0.717) is 0 Å². The van der Waals surface area contributed by atoms with E-state index in [2.05, 4.69) is 46.2 Å². The summed E-state index contributed by atoms with van der Waals surface area (Å²) in [7, 11) is 0. The molecule has 0 aliphatic carbocycles. The summed E-state index contributed by atoms with van der Waals surface area (Å²) in [5.74, 6) is 0. The lowest BCUT2D eigenvalue weighted by Crippen LogP contribution is -2.31. The second kappa shape index (κ2) is 8.07. The molecule has 0 spiro atoms. The molecule has 5 heteroatoms. The van der Waals surface area contributed by atoms with Crippen LogP contribution in [0.4, 0.5) is 0 Å². The monoisotopic (exact) mass is 394 g/mol. The van der Waals surface area contributed by atoms with Crippen LogP contribution in [0.25, 0.3) is 21.9 Å². The molecule has 5 rings (SSSR count). The van der Waals surface area contributed by atoms with Crippen LogP contribution in [0.15, 0.2) is 40.8 Å². The second-order valence-corrected chi connectivity index (χ2v) is 8.59. The molecule has 3 aromatic rings. The van der Waals surface area contributed by atoms with Gasteiger partial charge in [0.15, 0.2) is 0 Å². The first kappa shape index (κ1) is 19.1. The summed E-state index contributed by atoms with van der Waals surface area (Å²) in [4.78, 5) is 4.75. The Bertz CT molecular complexity index is 920. The van der Waals surface area contributed by atoms with Crippen LogP contribution in [0.5, 0.6) is 0 Å². The minimum Gasteiger partial charge on any atom is -0.455 e. The van der Waals surface area contributed by atoms with Crippen LogP contribution in [0.2, 0.25) is 0 Å². The second-order valence-electron chi connectivity index (χ2n) is 8.59. The van der Waals surface area contributed by atoms with E-state index in [4.69, 9.17) is 4.42 Å². The van der Waals surface area contributed by atoms with Gasteiger partial charge in [-0.2, -0.15) is 0 Å². The molecule has 0 bridgehead atoms. The van der Waals surface area contributed by atoms with Gasteiger partial charge in [0, 0.05) is 47.1 Å². The molecule has 0 radical (unpaired) electrons. The van der Waals surface area contributed by atoms with Gasteiger partial charge in [0.05, 0.1) is 13.2 Å². The molecule has 1 aromatic heterocycles. The van der Waals surface area contributed by atoms with Crippen LogP contribution < -0.4 is 0 Å². The molecule has 0 amide bonds. The number of aliphatic hydroxyl groups is 2. The summed E-state index contributed by atoms with van der Waals surface area (Å²) in [5, 5.41) is 21.7. The number of furan rings is 1. The maximum atomic E-state index is 9.67. The minimum atomic E-state index is 0.224. The molecule has 2 aliphatic rings. The Morgan fingerprint density at radius 2 is 1.24 bits per heavy atom. The van der Waals surface area contributed by atoms with Crippen molar-refractivity contribution in [2.75, 3.05) is 26.3 Å². The number of aliphatic hydroxyl groups excluding tert-OH is 2. The molecule has 0 saturated carbocycles. The molecule has 2 aromatic carbocycles. The van der Waals surface area contributed by atoms with Crippen LogP contribution in [-0.2, 0) is 13.1 Å². The Labute approximate surface area is 171 Å². The molecular formula is C24H30N2O3. The molecular weight excluding hydrogens is 364 g/mol. The van der Waals surface area contributed by atoms with Crippen molar-refractivity contribution < 1.29 is 14.6 Å². The van der Waals surface area contributed by atoms with E-state index < -0.39 is 0 Å². The zero-order valence-corrected chi connectivity index (χ0v) is 16.9. The maximum Gasteiger partial charge on any atom is 0.139 e. The number of benzene rings is 2. The number of rotatable bonds is 6. The largest absolute Gasteiger partial charge is 0.455 e. The van der Waals surface area contributed by atoms with Crippen molar-refractivity contribution >= 4 is 21.9 Å². The fourth-order valence-electron chi connectivity index (χ4n) is 5.24. The van der Waals surface area contributed by atoms with E-state index in [1.807, 2.05) is 0 Å². The third-order valence-corrected chi connectivity index (χ3v) is 6.85. The quantitative estimate of drug-likeness (QED) is 0.670. The molecule has 2 aliphatic heterocycles. The van der Waals surface area contributed by atoms with Gasteiger partial charge in [-0.1, -0.05) is 36.4 Å². The summed E-state index contributed by atoms with van der Waals surface area (Å²) in [6.45, 7) is 4.15. The number of nitrogens with zero attached hydrogens (tertiary/aromatic N) is 2. The Kier molecular flexibility index (Phi) is 5.31. The van der Waals surface area contributed by atoms with Crippen molar-refractivity contribution in [2.45, 2.75) is 50.9 Å². The Morgan fingerprint density at radius 1 is 0.759 bits per heavy atom. The summed E-state index contributed by atoms with van der Waals surface area (Å²) < 4.78 is 6.49. The molecule has 5 nitrogen and oxygen atoms in total. The van der Waals surface area contributed by atoms with Crippen molar-refractivity contribution in [1.29, 1.82) is 0 Å². The summed E-state index contributed by atoms with van der Waals surface area (Å²) >= 11 is 0. The molecule has 2 N–H and O–H groups in total. The average molecular weight is 395 g/mol. The smallest absolute Gasteiger partial charge is 0.139 e. The van der Waals surface area contributed by atoms with Crippen LogP contribution >= 0.6 is 0 Å². The number of fused-ring (bicyclic) bond motifs is 3. The van der Waals surface area contributed by atoms with Crippen LogP contribution in [0, 0.1) is 0 Å². The Balaban J connectivity index is 1.51. The Morgan fingerprint density at radius 3 is 1.69 bits per heavy atom. The van der Waals surface area contributed by atoms with E-state index in [1.54, 1.807) is 0 Å². The highest BCUT2D eigenvalue weighted by Crippen LogP contribution is 2.35. The SMILES string of the molecule is OC[C@@H]1CCCN1Cc1cccc2c1oc1c(CN3CCC[C@H]3CO)cccc12. The van der Waals surface area contributed by atoms with Gasteiger partial charge in [0.2, 0.25) is 0 Å². The van der Waals surface area contributed by atoms with E-state index in [9.17, 15) is 10.2 Å². The first-order valence-corrected chi connectivity index (χ1v) is 10.9. The van der Waals surface area contributed by atoms with Gasteiger partial charge < -0.3 is 14.6 Å². The zero-order chi connectivity index (χ0) is 19.8. The van der Waals surface area contributed by atoms with Gasteiger partial charge in [0.25, 0.3) is 0 Å². The van der Waals surface area contributed by atoms with Crippen molar-refractivity contribution in [3.8, 4) is 0 Å². The molecule has 2 saturated heterocycles. The molecule has 2 atom stereocenters. The molecule has 3 heterocycles. The lowest BCUT2D eigenvalue weighted by atomic mass is 10.1. The normalized spacial score (nSPS) is 23.7. The molecule has 29 heavy (non-hydrogen) atoms. The van der Waals surface area contributed by atoms with E-state index in [0.717, 1.165) is 63.0 Å². The van der Waals surface area contributed by atoms with Crippen molar-refractivity contribution in [1.82, 2.24) is 9.80 Å². The van der Waals surface area contributed by atoms with Gasteiger partial charge in [-0.05, 0) is 38.8 Å². The van der Waals surface area contributed by atoms with E-state index >= 15 is 0 Å². The number of hydrogen-bond acceptors (Lipinski definition) is 5. The Hall–Kier alpha value is -1.92. The fraction of sp³-hybridized carbons (Fsp3) is 0.500. The lowest BCUT2D eigenvalue weighted by Gasteiger charge is -2.22. The topological polar surface area (TPSA) is 60.1 Å². The third kappa shape index (κ3) is 3.46. The summed E-state index contributed by atoms with van der Waals surface area (Å²) in [6.07, 6.45) is 4.43. The van der Waals surface area contributed by atoms with E-state index in [1.165, 1.54) is 21.9 Å². The van der Waals surface area contributed by atoms with Crippen LogP contribution in [0.1, 0.15) is 36.8 Å². The summed E-state index contributed by atoms with van der Waals surface area (Å²) in [6, 6.07) is 13.4. The van der Waals surface area contributed by atoms with E-state index in [-0.39, 0.29) is 25.3 Å². The first-order valence-electron chi connectivity index (χ1n) is 10.9. The van der Waals surface area contributed by atoms with Gasteiger partial charge in [-0.25, -0.2) is 0 Å². The predicted molar refractivity (Wildman–Crippen MR) is 115 cm³/mol. The third-order valence-electron chi connectivity index (χ3n) is 6.85. The number of hydrogen-bond donors (Lipinski definition) is 2. The van der Waals surface area contributed by atoms with Crippen molar-refractivity contribution in [3.63, 3.8) is 0 Å². The van der Waals surface area contributed by atoms with Gasteiger partial charge in [-0.3, -0.25) is 9.80 Å². The van der Waals surface area contributed by atoms with Crippen molar-refractivity contribution in [2.24, 2.45) is 0 Å². The van der Waals surface area contributed by atoms with Crippen molar-refractivity contribution in [3.05, 3.63) is 47.5 Å². The predicted octanol–water partition coefficient (Wildman–Crippen LogP) is 3.50. The summed E-state index contributed by atoms with van der Waals surface area (Å²) in [5.41, 5.74) is 4.33. The first-order chi connectivity index (χ1) is 14.3. The highest BCUT2D eigenvalue weighted by molar-refractivity contribution is 6.06. The highest BCUT2D eigenvalue weighted by atomic mass is 16.3. The number of likely N-dealkylation sites (tertiary alicyclic amines) is 2.